The van der Waals surface area contributed by atoms with Crippen LogP contribution in [-0.4, -0.2) is 30.6 Å². The van der Waals surface area contributed by atoms with Crippen molar-refractivity contribution in [2.45, 2.75) is 19.1 Å². The first-order valence-corrected chi connectivity index (χ1v) is 6.13. The molecule has 110 valence electrons. The van der Waals surface area contributed by atoms with Gasteiger partial charge in [-0.25, -0.2) is 0 Å². The minimum absolute atomic E-state index is 0.0146. The zero-order valence-electron chi connectivity index (χ0n) is 10.8. The van der Waals surface area contributed by atoms with Crippen LogP contribution >= 0.6 is 0 Å². The SMILES string of the molecule is CC1CNCCN1c1ccc(C(F)(F)F)cc1[N+](=O)[O-]. The molecule has 0 bridgehead atoms. The third-order valence-electron chi connectivity index (χ3n) is 3.31. The van der Waals surface area contributed by atoms with Crippen LogP contribution < -0.4 is 10.2 Å². The van der Waals surface area contributed by atoms with E-state index in [0.717, 1.165) is 6.07 Å². The lowest BCUT2D eigenvalue weighted by Gasteiger charge is -2.35. The molecular formula is C12H14F3N3O2. The van der Waals surface area contributed by atoms with Crippen LogP contribution in [0.1, 0.15) is 12.5 Å². The molecule has 0 radical (unpaired) electrons. The number of hydrogen-bond donors (Lipinski definition) is 1. The van der Waals surface area contributed by atoms with Crippen LogP contribution in [0.3, 0.4) is 0 Å². The molecule has 20 heavy (non-hydrogen) atoms. The summed E-state index contributed by atoms with van der Waals surface area (Å²) in [4.78, 5) is 12.0. The van der Waals surface area contributed by atoms with Crippen LogP contribution in [-0.2, 0) is 6.18 Å². The molecule has 2 rings (SSSR count). The molecule has 1 aromatic carbocycles. The number of alkyl halides is 3. The predicted octanol–water partition coefficient (Wildman–Crippen LogP) is 2.41. The van der Waals surface area contributed by atoms with Crippen molar-refractivity contribution in [1.82, 2.24) is 5.32 Å². The number of nitrogens with zero attached hydrogens (tertiary/aromatic N) is 2. The standard InChI is InChI=1S/C12H14F3N3O2/c1-8-7-16-4-5-17(8)10-3-2-9(12(13,14)15)6-11(10)18(19)20/h2-3,6,8,16H,4-5,7H2,1H3. The molecule has 5 nitrogen and oxygen atoms in total. The molecule has 0 spiro atoms. The fourth-order valence-electron chi connectivity index (χ4n) is 2.29. The summed E-state index contributed by atoms with van der Waals surface area (Å²) in [6.07, 6.45) is -4.58. The minimum Gasteiger partial charge on any atom is -0.361 e. The van der Waals surface area contributed by atoms with Crippen molar-refractivity contribution in [2.24, 2.45) is 0 Å². The summed E-state index contributed by atoms with van der Waals surface area (Å²) in [6, 6.07) is 2.66. The van der Waals surface area contributed by atoms with Gasteiger partial charge in [-0.1, -0.05) is 0 Å². The average molecular weight is 289 g/mol. The summed E-state index contributed by atoms with van der Waals surface area (Å²) in [6.45, 7) is 3.67. The van der Waals surface area contributed by atoms with Crippen molar-refractivity contribution in [2.75, 3.05) is 24.5 Å². The molecule has 0 aliphatic carbocycles. The molecule has 1 aromatic rings. The second kappa shape index (κ2) is 5.28. The molecule has 1 fully saturated rings. The van der Waals surface area contributed by atoms with E-state index in [1.165, 1.54) is 6.07 Å². The van der Waals surface area contributed by atoms with Gasteiger partial charge in [-0.2, -0.15) is 13.2 Å². The van der Waals surface area contributed by atoms with Gasteiger partial charge < -0.3 is 10.2 Å². The third-order valence-corrected chi connectivity index (χ3v) is 3.31. The zero-order chi connectivity index (χ0) is 14.9. The van der Waals surface area contributed by atoms with Crippen molar-refractivity contribution in [3.8, 4) is 0 Å². The topological polar surface area (TPSA) is 58.4 Å². The maximum atomic E-state index is 12.6. The molecule has 8 heteroatoms. The lowest BCUT2D eigenvalue weighted by atomic mass is 10.1. The number of benzene rings is 1. The van der Waals surface area contributed by atoms with E-state index in [0.29, 0.717) is 25.7 Å². The summed E-state index contributed by atoms with van der Waals surface area (Å²) in [5, 5.41) is 14.2. The van der Waals surface area contributed by atoms with E-state index in [1.807, 2.05) is 6.92 Å². The van der Waals surface area contributed by atoms with Crippen molar-refractivity contribution in [1.29, 1.82) is 0 Å². The largest absolute Gasteiger partial charge is 0.416 e. The molecule has 1 saturated heterocycles. The van der Waals surface area contributed by atoms with Crippen LogP contribution in [0.25, 0.3) is 0 Å². The van der Waals surface area contributed by atoms with Gasteiger partial charge in [-0.05, 0) is 19.1 Å². The van der Waals surface area contributed by atoms with Gasteiger partial charge in [0.1, 0.15) is 5.69 Å². The van der Waals surface area contributed by atoms with Gasteiger partial charge in [-0.3, -0.25) is 10.1 Å². The van der Waals surface area contributed by atoms with Gasteiger partial charge in [-0.15, -0.1) is 0 Å². The Morgan fingerprint density at radius 3 is 2.70 bits per heavy atom. The Hall–Kier alpha value is -1.83. The number of halogens is 3. The van der Waals surface area contributed by atoms with Crippen LogP contribution in [0, 0.1) is 10.1 Å². The van der Waals surface area contributed by atoms with Gasteiger partial charge >= 0.3 is 6.18 Å². The van der Waals surface area contributed by atoms with Crippen molar-refractivity contribution >= 4 is 11.4 Å². The molecular weight excluding hydrogens is 275 g/mol. The predicted molar refractivity (Wildman–Crippen MR) is 67.8 cm³/mol. The quantitative estimate of drug-likeness (QED) is 0.671. The Bertz CT molecular complexity index is 519. The lowest BCUT2D eigenvalue weighted by Crippen LogP contribution is -2.50. The number of nitro benzene ring substituents is 1. The molecule has 1 atom stereocenters. The van der Waals surface area contributed by atoms with E-state index in [-0.39, 0.29) is 11.7 Å². The van der Waals surface area contributed by atoms with Crippen LogP contribution in [0.5, 0.6) is 0 Å². The lowest BCUT2D eigenvalue weighted by molar-refractivity contribution is -0.384. The second-order valence-corrected chi connectivity index (χ2v) is 4.70. The summed E-state index contributed by atoms with van der Waals surface area (Å²) >= 11 is 0. The maximum absolute atomic E-state index is 12.6. The van der Waals surface area contributed by atoms with Crippen LogP contribution in [0.4, 0.5) is 24.5 Å². The first-order valence-electron chi connectivity index (χ1n) is 6.13. The summed E-state index contributed by atoms with van der Waals surface area (Å²) in [7, 11) is 0. The second-order valence-electron chi connectivity index (χ2n) is 4.70. The van der Waals surface area contributed by atoms with E-state index < -0.39 is 22.4 Å². The Labute approximate surface area is 113 Å². The number of anilines is 1. The van der Waals surface area contributed by atoms with Gasteiger partial charge in [0.15, 0.2) is 0 Å². The molecule has 1 N–H and O–H groups in total. The minimum atomic E-state index is -4.58. The molecule has 1 aliphatic rings. The molecule has 1 unspecified atom stereocenters. The van der Waals surface area contributed by atoms with E-state index >= 15 is 0 Å². The van der Waals surface area contributed by atoms with Crippen molar-refractivity contribution in [3.63, 3.8) is 0 Å². The Kier molecular flexibility index (Phi) is 3.85. The number of nitro groups is 1. The smallest absolute Gasteiger partial charge is 0.361 e. The van der Waals surface area contributed by atoms with E-state index in [1.54, 1.807) is 4.90 Å². The summed E-state index contributed by atoms with van der Waals surface area (Å²) in [5.74, 6) is 0. The van der Waals surface area contributed by atoms with Gasteiger partial charge in [0, 0.05) is 31.7 Å². The van der Waals surface area contributed by atoms with E-state index in [9.17, 15) is 23.3 Å². The number of nitrogens with one attached hydrogen (secondary N) is 1. The third kappa shape index (κ3) is 2.84. The Morgan fingerprint density at radius 1 is 1.45 bits per heavy atom. The highest BCUT2D eigenvalue weighted by Gasteiger charge is 2.34. The average Bonchev–Trinajstić information content (AvgIpc) is 2.37. The van der Waals surface area contributed by atoms with Crippen LogP contribution in [0.15, 0.2) is 18.2 Å². The monoisotopic (exact) mass is 289 g/mol. The van der Waals surface area contributed by atoms with Crippen LogP contribution in [0.2, 0.25) is 0 Å². The fraction of sp³-hybridized carbons (Fsp3) is 0.500. The maximum Gasteiger partial charge on any atom is 0.416 e. The molecule has 0 amide bonds. The Balaban J connectivity index is 2.45. The van der Waals surface area contributed by atoms with Crippen molar-refractivity contribution < 1.29 is 18.1 Å². The Morgan fingerprint density at radius 2 is 2.15 bits per heavy atom. The highest BCUT2D eigenvalue weighted by atomic mass is 19.4. The number of rotatable bonds is 2. The van der Waals surface area contributed by atoms with Crippen molar-refractivity contribution in [3.05, 3.63) is 33.9 Å². The number of hydrogen-bond acceptors (Lipinski definition) is 4. The molecule has 0 saturated carbocycles. The highest BCUT2D eigenvalue weighted by molar-refractivity contribution is 5.65. The van der Waals surface area contributed by atoms with Gasteiger partial charge in [0.05, 0.1) is 10.5 Å². The first-order chi connectivity index (χ1) is 9.30. The molecule has 0 aromatic heterocycles. The zero-order valence-corrected chi connectivity index (χ0v) is 10.8. The summed E-state index contributed by atoms with van der Waals surface area (Å²) in [5.41, 5.74) is -1.28. The highest BCUT2D eigenvalue weighted by Crippen LogP contribution is 2.37. The molecule has 1 heterocycles. The molecule has 1 aliphatic heterocycles. The number of piperazine rings is 1. The fourth-order valence-corrected chi connectivity index (χ4v) is 2.29. The van der Waals surface area contributed by atoms with E-state index in [4.69, 9.17) is 0 Å². The van der Waals surface area contributed by atoms with E-state index in [2.05, 4.69) is 5.32 Å². The normalized spacial score (nSPS) is 20.0. The van der Waals surface area contributed by atoms with Gasteiger partial charge in [0.25, 0.3) is 5.69 Å². The first kappa shape index (κ1) is 14.6. The van der Waals surface area contributed by atoms with Gasteiger partial charge in [0.2, 0.25) is 0 Å². The summed E-state index contributed by atoms with van der Waals surface area (Å²) < 4.78 is 37.9.